The lowest BCUT2D eigenvalue weighted by molar-refractivity contribution is -0.117. The van der Waals surface area contributed by atoms with E-state index in [2.05, 4.69) is 24.1 Å². The van der Waals surface area contributed by atoms with Crippen LogP contribution in [0.4, 0.5) is 5.69 Å². The van der Waals surface area contributed by atoms with Gasteiger partial charge in [0.2, 0.25) is 5.91 Å². The van der Waals surface area contributed by atoms with Crippen LogP contribution in [0.5, 0.6) is 5.75 Å². The summed E-state index contributed by atoms with van der Waals surface area (Å²) in [5.74, 6) is 0.718. The number of hydrogen-bond donors (Lipinski definition) is 1. The highest BCUT2D eigenvalue weighted by atomic mass is 16.5. The number of carbonyl (C=O) groups excluding carboxylic acids is 1. The van der Waals surface area contributed by atoms with Gasteiger partial charge in [-0.1, -0.05) is 13.0 Å². The monoisotopic (exact) mass is 306 g/mol. The molecule has 1 aromatic rings. The van der Waals surface area contributed by atoms with Crippen LogP contribution in [-0.4, -0.2) is 50.3 Å². The Kier molecular flexibility index (Phi) is 6.21. The summed E-state index contributed by atoms with van der Waals surface area (Å²) in [6.45, 7) is 7.46. The summed E-state index contributed by atoms with van der Waals surface area (Å²) in [5, 5.41) is 2.98. The van der Waals surface area contributed by atoms with Crippen molar-refractivity contribution in [3.05, 3.63) is 23.8 Å². The van der Waals surface area contributed by atoms with Gasteiger partial charge in [0, 0.05) is 25.6 Å². The highest BCUT2D eigenvalue weighted by Gasteiger charge is 2.20. The number of anilines is 1. The van der Waals surface area contributed by atoms with E-state index >= 15 is 0 Å². The summed E-state index contributed by atoms with van der Waals surface area (Å²) >= 11 is 0. The van der Waals surface area contributed by atoms with Gasteiger partial charge in [-0.15, -0.1) is 0 Å². The molecule has 1 aromatic carbocycles. The number of aryl methyl sites for hydroxylation is 1. The summed E-state index contributed by atoms with van der Waals surface area (Å²) in [6, 6.07) is 6.12. The van der Waals surface area contributed by atoms with Crippen LogP contribution in [-0.2, 0) is 16.0 Å². The first-order chi connectivity index (χ1) is 10.6. The van der Waals surface area contributed by atoms with Gasteiger partial charge in [-0.3, -0.25) is 9.69 Å². The Morgan fingerprint density at radius 3 is 2.77 bits per heavy atom. The highest BCUT2D eigenvalue weighted by molar-refractivity contribution is 5.92. The van der Waals surface area contributed by atoms with Crippen LogP contribution in [0.15, 0.2) is 18.2 Å². The molecular weight excluding hydrogens is 280 g/mol. The number of nitrogens with one attached hydrogen (secondary N) is 1. The number of benzene rings is 1. The summed E-state index contributed by atoms with van der Waals surface area (Å²) in [7, 11) is 1.62. The molecule has 2 rings (SSSR count). The number of nitrogens with zero attached hydrogens (tertiary/aromatic N) is 1. The zero-order chi connectivity index (χ0) is 15.9. The Morgan fingerprint density at radius 1 is 1.41 bits per heavy atom. The maximum Gasteiger partial charge on any atom is 0.226 e. The van der Waals surface area contributed by atoms with Gasteiger partial charge >= 0.3 is 0 Å². The van der Waals surface area contributed by atoms with Crippen LogP contribution in [0.2, 0.25) is 0 Å². The second-order valence-corrected chi connectivity index (χ2v) is 5.64. The van der Waals surface area contributed by atoms with Gasteiger partial charge in [-0.05, 0) is 31.0 Å². The molecule has 1 aliphatic rings. The number of morpholine rings is 1. The third kappa shape index (κ3) is 4.45. The molecule has 0 radical (unpaired) electrons. The van der Waals surface area contributed by atoms with Crippen molar-refractivity contribution >= 4 is 11.6 Å². The van der Waals surface area contributed by atoms with Gasteiger partial charge in [0.15, 0.2) is 0 Å². The van der Waals surface area contributed by atoms with Crippen molar-refractivity contribution < 1.29 is 14.3 Å². The van der Waals surface area contributed by atoms with Crippen LogP contribution < -0.4 is 10.1 Å². The van der Waals surface area contributed by atoms with Crippen LogP contribution in [0.1, 0.15) is 25.8 Å². The Hall–Kier alpha value is -1.59. The Labute approximate surface area is 132 Å². The fourth-order valence-corrected chi connectivity index (χ4v) is 2.69. The molecular formula is C17H26N2O3. The van der Waals surface area contributed by atoms with Crippen molar-refractivity contribution in [3.63, 3.8) is 0 Å². The number of rotatable bonds is 6. The van der Waals surface area contributed by atoms with E-state index in [0.717, 1.165) is 38.4 Å². The van der Waals surface area contributed by atoms with Gasteiger partial charge in [-0.2, -0.15) is 0 Å². The molecule has 1 saturated heterocycles. The van der Waals surface area contributed by atoms with Crippen molar-refractivity contribution in [2.45, 2.75) is 32.7 Å². The molecule has 0 bridgehead atoms. The van der Waals surface area contributed by atoms with Crippen LogP contribution in [0.3, 0.4) is 0 Å². The predicted molar refractivity (Wildman–Crippen MR) is 87.5 cm³/mol. The van der Waals surface area contributed by atoms with Gasteiger partial charge in [-0.25, -0.2) is 0 Å². The number of methoxy groups -OCH3 is 1. The summed E-state index contributed by atoms with van der Waals surface area (Å²) in [4.78, 5) is 14.6. The van der Waals surface area contributed by atoms with E-state index in [1.807, 2.05) is 18.2 Å². The second-order valence-electron chi connectivity index (χ2n) is 5.64. The molecule has 1 N–H and O–H groups in total. The normalized spacial score (nSPS) is 17.0. The van der Waals surface area contributed by atoms with E-state index in [1.54, 1.807) is 7.11 Å². The van der Waals surface area contributed by atoms with Crippen LogP contribution >= 0.6 is 0 Å². The maximum atomic E-state index is 12.3. The molecule has 122 valence electrons. The summed E-state index contributed by atoms with van der Waals surface area (Å²) in [6.07, 6.45) is 1.40. The van der Waals surface area contributed by atoms with E-state index in [0.29, 0.717) is 12.2 Å². The standard InChI is InChI=1S/C17H26N2O3/c1-4-14-5-6-16(21-3)15(12-14)18-17(20)11-13(2)19-7-9-22-10-8-19/h5-6,12-13H,4,7-11H2,1-3H3,(H,18,20). The van der Waals surface area contributed by atoms with E-state index in [1.165, 1.54) is 5.56 Å². The van der Waals surface area contributed by atoms with Crippen molar-refractivity contribution in [1.29, 1.82) is 0 Å². The molecule has 0 aromatic heterocycles. The number of hydrogen-bond acceptors (Lipinski definition) is 4. The minimum atomic E-state index is 0.0190. The Bertz CT molecular complexity index is 499. The van der Waals surface area contributed by atoms with Gasteiger partial charge in [0.05, 0.1) is 26.0 Å². The fraction of sp³-hybridized carbons (Fsp3) is 0.588. The minimum absolute atomic E-state index is 0.0190. The Balaban J connectivity index is 1.96. The molecule has 1 atom stereocenters. The lowest BCUT2D eigenvalue weighted by Crippen LogP contribution is -2.43. The molecule has 5 heteroatoms. The molecule has 1 aliphatic heterocycles. The summed E-state index contributed by atoms with van der Waals surface area (Å²) < 4.78 is 10.7. The topological polar surface area (TPSA) is 50.8 Å². The lowest BCUT2D eigenvalue weighted by atomic mass is 10.1. The smallest absolute Gasteiger partial charge is 0.226 e. The van der Waals surface area contributed by atoms with Crippen LogP contribution in [0, 0.1) is 0 Å². The second kappa shape index (κ2) is 8.15. The van der Waals surface area contributed by atoms with Gasteiger partial charge in [0.1, 0.15) is 5.75 Å². The SMILES string of the molecule is CCc1ccc(OC)c(NC(=O)CC(C)N2CCOCC2)c1. The third-order valence-electron chi connectivity index (χ3n) is 4.10. The molecule has 0 aliphatic carbocycles. The van der Waals surface area contributed by atoms with E-state index in [9.17, 15) is 4.79 Å². The first-order valence-electron chi connectivity index (χ1n) is 7.92. The summed E-state index contributed by atoms with van der Waals surface area (Å²) in [5.41, 5.74) is 1.93. The molecule has 0 saturated carbocycles. The van der Waals surface area contributed by atoms with Gasteiger partial charge < -0.3 is 14.8 Å². The lowest BCUT2D eigenvalue weighted by Gasteiger charge is -2.31. The maximum absolute atomic E-state index is 12.3. The van der Waals surface area contributed by atoms with Crippen molar-refractivity contribution in [2.24, 2.45) is 0 Å². The van der Waals surface area contributed by atoms with Crippen molar-refractivity contribution in [2.75, 3.05) is 38.7 Å². The molecule has 0 spiro atoms. The van der Waals surface area contributed by atoms with Gasteiger partial charge in [0.25, 0.3) is 0 Å². The quantitative estimate of drug-likeness (QED) is 0.876. The highest BCUT2D eigenvalue weighted by Crippen LogP contribution is 2.26. The zero-order valence-corrected chi connectivity index (χ0v) is 13.7. The largest absolute Gasteiger partial charge is 0.495 e. The molecule has 5 nitrogen and oxygen atoms in total. The van der Waals surface area contributed by atoms with E-state index in [4.69, 9.17) is 9.47 Å². The minimum Gasteiger partial charge on any atom is -0.495 e. The molecule has 1 amide bonds. The zero-order valence-electron chi connectivity index (χ0n) is 13.7. The number of ether oxygens (including phenoxy) is 2. The first kappa shape index (κ1) is 16.8. The van der Waals surface area contributed by atoms with E-state index < -0.39 is 0 Å². The fourth-order valence-electron chi connectivity index (χ4n) is 2.69. The molecule has 1 heterocycles. The Morgan fingerprint density at radius 2 is 2.14 bits per heavy atom. The number of amides is 1. The molecule has 22 heavy (non-hydrogen) atoms. The average molecular weight is 306 g/mol. The van der Waals surface area contributed by atoms with Crippen molar-refractivity contribution in [1.82, 2.24) is 4.90 Å². The number of carbonyl (C=O) groups is 1. The first-order valence-corrected chi connectivity index (χ1v) is 7.92. The molecule has 1 fully saturated rings. The third-order valence-corrected chi connectivity index (χ3v) is 4.10. The van der Waals surface area contributed by atoms with E-state index in [-0.39, 0.29) is 11.9 Å². The molecule has 1 unspecified atom stereocenters. The predicted octanol–water partition coefficient (Wildman–Crippen LogP) is 2.31. The van der Waals surface area contributed by atoms with Crippen molar-refractivity contribution in [3.8, 4) is 5.75 Å². The average Bonchev–Trinajstić information content (AvgIpc) is 2.55. The van der Waals surface area contributed by atoms with Crippen LogP contribution in [0.25, 0.3) is 0 Å².